The van der Waals surface area contributed by atoms with Crippen LogP contribution in [0.3, 0.4) is 0 Å². The first-order valence-corrected chi connectivity index (χ1v) is 5.98. The van der Waals surface area contributed by atoms with E-state index >= 15 is 0 Å². The van der Waals surface area contributed by atoms with Crippen molar-refractivity contribution in [3.63, 3.8) is 0 Å². The van der Waals surface area contributed by atoms with Crippen LogP contribution in [0.5, 0.6) is 0 Å². The average molecular weight is 228 g/mol. The van der Waals surface area contributed by atoms with Gasteiger partial charge >= 0.3 is 0 Å². The molecule has 3 rings (SSSR count). The Hall–Kier alpha value is -2.34. The standard InChI is InChI=1S/C18H12/c1-3-9-15(10-4-1)17-13-7-8-14-18(17)16-11-5-2-6-12-16/h1-12H. The highest BCUT2D eigenvalue weighted by Gasteiger charge is 2.06. The Kier molecular flexibility index (Phi) is 2.93. The van der Waals surface area contributed by atoms with E-state index in [4.69, 9.17) is 0 Å². The van der Waals surface area contributed by atoms with Gasteiger partial charge in [0.15, 0.2) is 0 Å². The van der Waals surface area contributed by atoms with Crippen LogP contribution >= 0.6 is 0 Å². The highest BCUT2D eigenvalue weighted by atomic mass is 14.1. The van der Waals surface area contributed by atoms with Gasteiger partial charge in [-0.2, -0.15) is 0 Å². The van der Waals surface area contributed by atoms with Crippen molar-refractivity contribution < 1.29 is 0 Å². The number of benzene rings is 3. The monoisotopic (exact) mass is 228 g/mol. The van der Waals surface area contributed by atoms with Crippen LogP contribution in [0.1, 0.15) is 0 Å². The fourth-order valence-corrected chi connectivity index (χ4v) is 2.06. The molecule has 0 spiro atoms. The SMILES string of the molecule is [c]1cc[c]c(-c2ccccc2)c1-c1ccccc1. The molecular weight excluding hydrogens is 216 g/mol. The van der Waals surface area contributed by atoms with Crippen LogP contribution in [0, 0.1) is 12.1 Å². The molecule has 0 fully saturated rings. The van der Waals surface area contributed by atoms with Crippen LogP contribution in [0.2, 0.25) is 0 Å². The lowest BCUT2D eigenvalue weighted by atomic mass is 9.95. The molecule has 0 heteroatoms. The molecule has 0 heterocycles. The van der Waals surface area contributed by atoms with Crippen LogP contribution in [0.4, 0.5) is 0 Å². The molecule has 0 saturated carbocycles. The summed E-state index contributed by atoms with van der Waals surface area (Å²) in [5.41, 5.74) is 4.55. The fourth-order valence-electron chi connectivity index (χ4n) is 2.06. The molecule has 18 heavy (non-hydrogen) atoms. The van der Waals surface area contributed by atoms with E-state index in [9.17, 15) is 0 Å². The van der Waals surface area contributed by atoms with Gasteiger partial charge in [-0.3, -0.25) is 0 Å². The van der Waals surface area contributed by atoms with Gasteiger partial charge < -0.3 is 0 Å². The quantitative estimate of drug-likeness (QED) is 0.600. The van der Waals surface area contributed by atoms with Gasteiger partial charge in [0.25, 0.3) is 0 Å². The van der Waals surface area contributed by atoms with Gasteiger partial charge in [0.2, 0.25) is 0 Å². The van der Waals surface area contributed by atoms with E-state index in [1.165, 1.54) is 11.1 Å². The molecule has 0 atom stereocenters. The smallest absolute Gasteiger partial charge is 0.00203 e. The summed E-state index contributed by atoms with van der Waals surface area (Å²) in [5.74, 6) is 0. The molecule has 0 aliphatic carbocycles. The normalized spacial score (nSPS) is 10.2. The summed E-state index contributed by atoms with van der Waals surface area (Å²) in [6.07, 6.45) is 0. The van der Waals surface area contributed by atoms with E-state index in [-0.39, 0.29) is 0 Å². The Bertz CT molecular complexity index is 566. The Morgan fingerprint density at radius 1 is 0.500 bits per heavy atom. The molecular formula is C18H12. The van der Waals surface area contributed by atoms with E-state index in [1.807, 2.05) is 48.5 Å². The van der Waals surface area contributed by atoms with E-state index < -0.39 is 0 Å². The molecule has 0 amide bonds. The first kappa shape index (κ1) is 10.8. The molecule has 0 saturated heterocycles. The summed E-state index contributed by atoms with van der Waals surface area (Å²) in [4.78, 5) is 0. The molecule has 0 aliphatic rings. The molecule has 3 aromatic carbocycles. The summed E-state index contributed by atoms with van der Waals surface area (Å²) < 4.78 is 0. The van der Waals surface area contributed by atoms with Crippen LogP contribution in [-0.4, -0.2) is 0 Å². The zero-order valence-corrected chi connectivity index (χ0v) is 9.93. The van der Waals surface area contributed by atoms with E-state index in [0.717, 1.165) is 11.1 Å². The molecule has 3 aromatic rings. The number of rotatable bonds is 2. The topological polar surface area (TPSA) is 0 Å². The third-order valence-corrected chi connectivity index (χ3v) is 2.91. The van der Waals surface area contributed by atoms with Gasteiger partial charge in [0.1, 0.15) is 0 Å². The maximum atomic E-state index is 3.32. The molecule has 0 unspecified atom stereocenters. The first-order chi connectivity index (χ1) is 8.95. The second kappa shape index (κ2) is 4.89. The molecule has 0 bridgehead atoms. The Morgan fingerprint density at radius 2 is 0.889 bits per heavy atom. The van der Waals surface area contributed by atoms with Gasteiger partial charge in [-0.05, 0) is 34.4 Å². The van der Waals surface area contributed by atoms with Gasteiger partial charge in [0, 0.05) is 0 Å². The Balaban J connectivity index is 2.18. The maximum absolute atomic E-state index is 3.32. The van der Waals surface area contributed by atoms with E-state index in [2.05, 4.69) is 36.4 Å². The minimum absolute atomic E-state index is 1.10. The van der Waals surface area contributed by atoms with Crippen molar-refractivity contribution in [2.24, 2.45) is 0 Å². The number of hydrogen-bond acceptors (Lipinski definition) is 0. The lowest BCUT2D eigenvalue weighted by Gasteiger charge is -2.08. The highest BCUT2D eigenvalue weighted by molar-refractivity contribution is 5.82. The van der Waals surface area contributed by atoms with Gasteiger partial charge in [-0.15, -0.1) is 0 Å². The average Bonchev–Trinajstić information content (AvgIpc) is 2.49. The van der Waals surface area contributed by atoms with E-state index in [1.54, 1.807) is 0 Å². The van der Waals surface area contributed by atoms with Crippen LogP contribution < -0.4 is 0 Å². The van der Waals surface area contributed by atoms with Gasteiger partial charge in [0.05, 0.1) is 0 Å². The van der Waals surface area contributed by atoms with Crippen LogP contribution in [0.25, 0.3) is 22.3 Å². The second-order valence-corrected chi connectivity index (χ2v) is 4.10. The molecule has 0 N–H and O–H groups in total. The van der Waals surface area contributed by atoms with Crippen LogP contribution in [0.15, 0.2) is 72.8 Å². The minimum atomic E-state index is 1.10. The largest absolute Gasteiger partial charge is 0.0622 e. The predicted molar refractivity (Wildman–Crippen MR) is 75.0 cm³/mol. The van der Waals surface area contributed by atoms with Crippen molar-refractivity contribution in [1.29, 1.82) is 0 Å². The minimum Gasteiger partial charge on any atom is -0.0622 e. The van der Waals surface area contributed by atoms with E-state index in [0.29, 0.717) is 0 Å². The van der Waals surface area contributed by atoms with Crippen molar-refractivity contribution in [1.82, 2.24) is 0 Å². The molecule has 84 valence electrons. The third-order valence-electron chi connectivity index (χ3n) is 2.91. The third kappa shape index (κ3) is 2.05. The summed E-state index contributed by atoms with van der Waals surface area (Å²) in [6.45, 7) is 0. The van der Waals surface area contributed by atoms with Gasteiger partial charge in [-0.25, -0.2) is 0 Å². The second-order valence-electron chi connectivity index (χ2n) is 4.10. The number of hydrogen-bond donors (Lipinski definition) is 0. The van der Waals surface area contributed by atoms with Crippen molar-refractivity contribution >= 4 is 0 Å². The summed E-state index contributed by atoms with van der Waals surface area (Å²) >= 11 is 0. The van der Waals surface area contributed by atoms with Crippen molar-refractivity contribution in [3.05, 3.63) is 84.9 Å². The molecule has 0 aliphatic heterocycles. The summed E-state index contributed by atoms with van der Waals surface area (Å²) in [7, 11) is 0. The Morgan fingerprint density at radius 3 is 1.28 bits per heavy atom. The summed E-state index contributed by atoms with van der Waals surface area (Å²) in [6, 6.07) is 31.1. The summed E-state index contributed by atoms with van der Waals surface area (Å²) in [5, 5.41) is 0. The van der Waals surface area contributed by atoms with Crippen molar-refractivity contribution in [2.45, 2.75) is 0 Å². The predicted octanol–water partition coefficient (Wildman–Crippen LogP) is 4.62. The lowest BCUT2D eigenvalue weighted by Crippen LogP contribution is -1.84. The molecule has 0 nitrogen and oxygen atoms in total. The highest BCUT2D eigenvalue weighted by Crippen LogP contribution is 2.30. The maximum Gasteiger partial charge on any atom is -0.00203 e. The van der Waals surface area contributed by atoms with Crippen molar-refractivity contribution in [2.75, 3.05) is 0 Å². The van der Waals surface area contributed by atoms with Gasteiger partial charge in [-0.1, -0.05) is 72.8 Å². The zero-order valence-electron chi connectivity index (χ0n) is 9.93. The Labute approximate surface area is 108 Å². The molecule has 2 radical (unpaired) electrons. The first-order valence-electron chi connectivity index (χ1n) is 5.98. The van der Waals surface area contributed by atoms with Crippen LogP contribution in [-0.2, 0) is 0 Å². The molecule has 0 aromatic heterocycles. The fraction of sp³-hybridized carbons (Fsp3) is 0. The lowest BCUT2D eigenvalue weighted by molar-refractivity contribution is 1.57. The van der Waals surface area contributed by atoms with Crippen molar-refractivity contribution in [3.8, 4) is 22.3 Å². The zero-order chi connectivity index (χ0) is 12.2.